The number of aromatic hydroxyl groups is 1. The van der Waals surface area contributed by atoms with E-state index in [1.807, 2.05) is 19.9 Å². The van der Waals surface area contributed by atoms with Crippen LogP contribution in [0.5, 0.6) is 5.75 Å². The normalized spacial score (nSPS) is 11.2. The maximum Gasteiger partial charge on any atom is 0.139 e. The number of nitrogens with one attached hydrogen (secondary N) is 1. The Bertz CT molecular complexity index is 507. The van der Waals surface area contributed by atoms with Gasteiger partial charge in [-0.25, -0.2) is 4.98 Å². The van der Waals surface area contributed by atoms with Gasteiger partial charge in [0.1, 0.15) is 11.6 Å². The predicted octanol–water partition coefficient (Wildman–Crippen LogP) is 8.86. The van der Waals surface area contributed by atoms with Crippen LogP contribution in [0.3, 0.4) is 0 Å². The van der Waals surface area contributed by atoms with Gasteiger partial charge in [0.25, 0.3) is 0 Å². The molecule has 0 aromatic carbocycles. The Labute approximate surface area is 187 Å². The minimum atomic E-state index is 0.314. The van der Waals surface area contributed by atoms with Crippen LogP contribution < -0.4 is 5.32 Å². The van der Waals surface area contributed by atoms with E-state index in [2.05, 4.69) is 17.2 Å². The van der Waals surface area contributed by atoms with Crippen molar-refractivity contribution in [2.75, 3.05) is 11.9 Å². The second-order valence-corrected chi connectivity index (χ2v) is 9.20. The number of pyridine rings is 1. The first-order valence-electron chi connectivity index (χ1n) is 13.1. The predicted molar refractivity (Wildman–Crippen MR) is 133 cm³/mol. The van der Waals surface area contributed by atoms with E-state index in [0.717, 1.165) is 17.9 Å². The van der Waals surface area contributed by atoms with Gasteiger partial charge in [-0.2, -0.15) is 0 Å². The van der Waals surface area contributed by atoms with Crippen LogP contribution in [-0.4, -0.2) is 16.6 Å². The van der Waals surface area contributed by atoms with Gasteiger partial charge in [0.15, 0.2) is 0 Å². The fourth-order valence-electron chi connectivity index (χ4n) is 4.16. The smallest absolute Gasteiger partial charge is 0.139 e. The van der Waals surface area contributed by atoms with E-state index in [4.69, 9.17) is 0 Å². The minimum absolute atomic E-state index is 0.314. The van der Waals surface area contributed by atoms with Crippen LogP contribution in [0.1, 0.15) is 134 Å². The summed E-state index contributed by atoms with van der Waals surface area (Å²) in [5, 5.41) is 13.2. The van der Waals surface area contributed by atoms with Crippen molar-refractivity contribution in [1.29, 1.82) is 0 Å². The summed E-state index contributed by atoms with van der Waals surface area (Å²) in [4.78, 5) is 4.39. The van der Waals surface area contributed by atoms with Gasteiger partial charge in [-0.05, 0) is 31.9 Å². The third-order valence-electron chi connectivity index (χ3n) is 6.19. The monoisotopic (exact) mass is 418 g/mol. The third-order valence-corrected chi connectivity index (χ3v) is 6.19. The quantitative estimate of drug-likeness (QED) is 0.208. The summed E-state index contributed by atoms with van der Waals surface area (Å²) in [6.45, 7) is 7.03. The number of rotatable bonds is 20. The maximum atomic E-state index is 9.77. The van der Waals surface area contributed by atoms with Gasteiger partial charge < -0.3 is 10.4 Å². The number of aromatic nitrogens is 1. The zero-order valence-electron chi connectivity index (χ0n) is 20.4. The molecular formula is C27H50N2O. The van der Waals surface area contributed by atoms with Gasteiger partial charge in [0.05, 0.1) is 5.69 Å². The molecule has 0 saturated heterocycles. The van der Waals surface area contributed by atoms with Crippen molar-refractivity contribution >= 4 is 5.82 Å². The average molecular weight is 419 g/mol. The van der Waals surface area contributed by atoms with E-state index in [-0.39, 0.29) is 0 Å². The molecule has 1 rings (SSSR count). The molecule has 3 heteroatoms. The Balaban J connectivity index is 1.79. The Hall–Kier alpha value is -1.25. The van der Waals surface area contributed by atoms with Crippen molar-refractivity contribution in [3.8, 4) is 5.75 Å². The third kappa shape index (κ3) is 13.9. The Kier molecular flexibility index (Phi) is 16.5. The van der Waals surface area contributed by atoms with Crippen LogP contribution in [-0.2, 0) is 0 Å². The fourth-order valence-corrected chi connectivity index (χ4v) is 4.16. The molecule has 3 nitrogen and oxygen atoms in total. The summed E-state index contributed by atoms with van der Waals surface area (Å²) in [5.41, 5.74) is 1.60. The van der Waals surface area contributed by atoms with Crippen LogP contribution in [0.4, 0.5) is 5.82 Å². The van der Waals surface area contributed by atoms with E-state index < -0.39 is 0 Å². The van der Waals surface area contributed by atoms with Crippen LogP contribution in [0.2, 0.25) is 0 Å². The Morgan fingerprint density at radius 3 is 1.47 bits per heavy atom. The molecule has 0 saturated carbocycles. The number of anilines is 1. The molecule has 0 fully saturated rings. The van der Waals surface area contributed by atoms with Gasteiger partial charge in [-0.3, -0.25) is 0 Å². The highest BCUT2D eigenvalue weighted by Crippen LogP contribution is 2.22. The van der Waals surface area contributed by atoms with Crippen LogP contribution in [0, 0.1) is 13.8 Å². The molecule has 0 radical (unpaired) electrons. The number of unbranched alkanes of at least 4 members (excludes halogenated alkanes) is 17. The highest BCUT2D eigenvalue weighted by molar-refractivity contribution is 5.46. The molecule has 30 heavy (non-hydrogen) atoms. The molecule has 0 aliphatic rings. The molecule has 0 amide bonds. The van der Waals surface area contributed by atoms with Gasteiger partial charge >= 0.3 is 0 Å². The summed E-state index contributed by atoms with van der Waals surface area (Å²) in [6, 6.07) is 1.93. The second kappa shape index (κ2) is 18.5. The number of hydrogen-bond acceptors (Lipinski definition) is 3. The molecule has 0 spiro atoms. The summed E-state index contributed by atoms with van der Waals surface area (Å²) >= 11 is 0. The lowest BCUT2D eigenvalue weighted by Gasteiger charge is -2.09. The second-order valence-electron chi connectivity index (χ2n) is 9.20. The first kappa shape index (κ1) is 26.8. The Morgan fingerprint density at radius 2 is 1.07 bits per heavy atom. The zero-order valence-corrected chi connectivity index (χ0v) is 20.4. The van der Waals surface area contributed by atoms with E-state index in [0.29, 0.717) is 11.4 Å². The van der Waals surface area contributed by atoms with E-state index in [1.165, 1.54) is 116 Å². The summed E-state index contributed by atoms with van der Waals surface area (Å²) in [7, 11) is 0. The summed E-state index contributed by atoms with van der Waals surface area (Å²) in [5.74, 6) is 1.20. The van der Waals surface area contributed by atoms with Crippen molar-refractivity contribution in [1.82, 2.24) is 4.98 Å². The number of aryl methyl sites for hydroxylation is 2. The van der Waals surface area contributed by atoms with Gasteiger partial charge in [0, 0.05) is 6.54 Å². The van der Waals surface area contributed by atoms with Crippen molar-refractivity contribution in [3.63, 3.8) is 0 Å². The lowest BCUT2D eigenvalue weighted by atomic mass is 10.0. The van der Waals surface area contributed by atoms with E-state index in [9.17, 15) is 5.11 Å². The van der Waals surface area contributed by atoms with Crippen LogP contribution in [0.15, 0.2) is 6.07 Å². The molecule has 1 heterocycles. The molecule has 174 valence electrons. The van der Waals surface area contributed by atoms with Gasteiger partial charge in [-0.15, -0.1) is 0 Å². The molecule has 0 atom stereocenters. The molecule has 1 aromatic rings. The standard InChI is InChI=1S/C27H50N2O/c1-4-5-6-7-8-9-10-11-12-13-14-15-16-17-18-19-20-21-22-28-26-23-24(2)27(30)25(3)29-26/h23,30H,4-22H2,1-3H3,(H,28,29). The van der Waals surface area contributed by atoms with Crippen LogP contribution in [0.25, 0.3) is 0 Å². The van der Waals surface area contributed by atoms with Crippen LogP contribution >= 0.6 is 0 Å². The number of nitrogens with zero attached hydrogens (tertiary/aromatic N) is 1. The van der Waals surface area contributed by atoms with E-state index >= 15 is 0 Å². The average Bonchev–Trinajstić information content (AvgIpc) is 2.73. The fraction of sp³-hybridized carbons (Fsp3) is 0.815. The maximum absolute atomic E-state index is 9.77. The van der Waals surface area contributed by atoms with Gasteiger partial charge in [0.2, 0.25) is 0 Å². The number of hydrogen-bond donors (Lipinski definition) is 2. The minimum Gasteiger partial charge on any atom is -0.506 e. The van der Waals surface area contributed by atoms with Crippen molar-refractivity contribution < 1.29 is 5.11 Å². The molecule has 1 aromatic heterocycles. The molecule has 0 unspecified atom stereocenters. The topological polar surface area (TPSA) is 45.1 Å². The first-order valence-corrected chi connectivity index (χ1v) is 13.1. The SMILES string of the molecule is CCCCCCCCCCCCCCCCCCCCNc1cc(C)c(O)c(C)n1. The molecule has 2 N–H and O–H groups in total. The van der Waals surface area contributed by atoms with Crippen molar-refractivity contribution in [3.05, 3.63) is 17.3 Å². The van der Waals surface area contributed by atoms with Crippen molar-refractivity contribution in [2.24, 2.45) is 0 Å². The molecule has 0 aliphatic carbocycles. The largest absolute Gasteiger partial charge is 0.506 e. The van der Waals surface area contributed by atoms with Gasteiger partial charge in [-0.1, -0.05) is 116 Å². The highest BCUT2D eigenvalue weighted by Gasteiger charge is 2.04. The lowest BCUT2D eigenvalue weighted by molar-refractivity contribution is 0.463. The van der Waals surface area contributed by atoms with Crippen molar-refractivity contribution in [2.45, 2.75) is 136 Å². The molecular weight excluding hydrogens is 368 g/mol. The summed E-state index contributed by atoms with van der Waals surface area (Å²) in [6.07, 6.45) is 25.4. The highest BCUT2D eigenvalue weighted by atomic mass is 16.3. The molecule has 0 aliphatic heterocycles. The van der Waals surface area contributed by atoms with E-state index in [1.54, 1.807) is 0 Å². The lowest BCUT2D eigenvalue weighted by Crippen LogP contribution is -2.04. The molecule has 0 bridgehead atoms. The Morgan fingerprint density at radius 1 is 0.667 bits per heavy atom. The first-order chi connectivity index (χ1) is 14.6. The summed E-state index contributed by atoms with van der Waals surface area (Å²) < 4.78 is 0. The zero-order chi connectivity index (χ0) is 21.9.